The van der Waals surface area contributed by atoms with Crippen LogP contribution < -0.4 is 15.5 Å². The first-order chi connectivity index (χ1) is 14.8. The van der Waals surface area contributed by atoms with Gasteiger partial charge in [-0.2, -0.15) is 0 Å². The largest absolute Gasteiger partial charge is 0.368 e. The number of amides is 1. The second-order valence-electron chi connectivity index (χ2n) is 10.5. The molecule has 0 aromatic heterocycles. The fourth-order valence-electron chi connectivity index (χ4n) is 6.86. The van der Waals surface area contributed by atoms with E-state index in [1.54, 1.807) is 4.90 Å². The van der Waals surface area contributed by atoms with Gasteiger partial charge in [0.25, 0.3) is 0 Å². The standard InChI is InChI=1S/C23H41N5O2/c29-23(21-4-3-13-30-21)25-15-20-14-18-6-8-28(20)17-19(18)16-26-9-11-27(12-10-26)22-5-1-2-7-24-22/h18-22,24H,1-17H2,(H,25,29)/p+2/t18-,19+,20+,21?,22?/m0/s1. The Hall–Kier alpha value is -0.730. The van der Waals surface area contributed by atoms with Crippen molar-refractivity contribution in [3.05, 3.63) is 0 Å². The smallest absolute Gasteiger partial charge is 0.249 e. The molecule has 6 heterocycles. The summed E-state index contributed by atoms with van der Waals surface area (Å²) in [6.07, 6.45) is 9.36. The molecule has 6 saturated heterocycles. The molecular weight excluding hydrogens is 378 g/mol. The molecule has 0 aliphatic carbocycles. The van der Waals surface area contributed by atoms with E-state index in [0.717, 1.165) is 44.0 Å². The van der Waals surface area contributed by atoms with Gasteiger partial charge < -0.3 is 25.2 Å². The first-order valence-corrected chi connectivity index (χ1v) is 12.8. The number of ether oxygens (including phenoxy) is 1. The van der Waals surface area contributed by atoms with Crippen molar-refractivity contribution in [2.75, 3.05) is 65.5 Å². The minimum absolute atomic E-state index is 0.124. The SMILES string of the molecule is O=C(NC[C@H]1C[C@@H]2CC[NH+]1C[C@H]2CN1CCN(C2CCCC[NH2+]2)CC1)C1CCCO1. The van der Waals surface area contributed by atoms with Crippen LogP contribution in [-0.4, -0.2) is 99.5 Å². The Morgan fingerprint density at radius 1 is 1.10 bits per heavy atom. The zero-order valence-corrected chi connectivity index (χ0v) is 18.7. The zero-order chi connectivity index (χ0) is 20.3. The monoisotopic (exact) mass is 421 g/mol. The third-order valence-corrected chi connectivity index (χ3v) is 8.70. The number of fused-ring (bicyclic) bond motifs is 3. The molecule has 3 unspecified atom stereocenters. The molecule has 30 heavy (non-hydrogen) atoms. The zero-order valence-electron chi connectivity index (χ0n) is 18.7. The molecule has 170 valence electrons. The van der Waals surface area contributed by atoms with Crippen LogP contribution in [0, 0.1) is 11.8 Å². The first-order valence-electron chi connectivity index (χ1n) is 12.8. The molecule has 2 bridgehead atoms. The molecule has 0 aromatic carbocycles. The molecule has 6 rings (SSSR count). The molecule has 6 fully saturated rings. The van der Waals surface area contributed by atoms with E-state index in [1.807, 2.05) is 0 Å². The Morgan fingerprint density at radius 3 is 2.70 bits per heavy atom. The summed E-state index contributed by atoms with van der Waals surface area (Å²) in [6, 6.07) is 0.615. The summed E-state index contributed by atoms with van der Waals surface area (Å²) in [7, 11) is 0. The van der Waals surface area contributed by atoms with Gasteiger partial charge in [-0.15, -0.1) is 0 Å². The minimum atomic E-state index is -0.187. The maximum atomic E-state index is 12.3. The summed E-state index contributed by atoms with van der Waals surface area (Å²) < 4.78 is 5.53. The van der Waals surface area contributed by atoms with Gasteiger partial charge in [-0.05, 0) is 31.6 Å². The van der Waals surface area contributed by atoms with E-state index in [4.69, 9.17) is 4.74 Å². The van der Waals surface area contributed by atoms with Crippen LogP contribution >= 0.6 is 0 Å². The van der Waals surface area contributed by atoms with E-state index in [1.165, 1.54) is 84.5 Å². The lowest BCUT2D eigenvalue weighted by atomic mass is 9.75. The van der Waals surface area contributed by atoms with Crippen LogP contribution in [0.5, 0.6) is 0 Å². The van der Waals surface area contributed by atoms with Crippen molar-refractivity contribution in [1.82, 2.24) is 15.1 Å². The van der Waals surface area contributed by atoms with Gasteiger partial charge in [0.15, 0.2) is 0 Å². The Bertz CT molecular complexity index is 570. The number of hydrogen-bond donors (Lipinski definition) is 3. The van der Waals surface area contributed by atoms with Crippen LogP contribution in [0.2, 0.25) is 0 Å². The number of quaternary nitrogens is 2. The third kappa shape index (κ3) is 4.85. The van der Waals surface area contributed by atoms with Crippen molar-refractivity contribution in [3.8, 4) is 0 Å². The fraction of sp³-hybridized carbons (Fsp3) is 0.957. The Kier molecular flexibility index (Phi) is 6.92. The number of nitrogens with zero attached hydrogens (tertiary/aromatic N) is 2. The van der Waals surface area contributed by atoms with Gasteiger partial charge in [-0.25, -0.2) is 0 Å². The highest BCUT2D eigenvalue weighted by Crippen LogP contribution is 2.28. The molecule has 7 nitrogen and oxygen atoms in total. The highest BCUT2D eigenvalue weighted by atomic mass is 16.5. The average Bonchev–Trinajstić information content (AvgIpc) is 3.34. The summed E-state index contributed by atoms with van der Waals surface area (Å²) in [5.41, 5.74) is 0. The van der Waals surface area contributed by atoms with Crippen molar-refractivity contribution in [2.45, 2.75) is 63.3 Å². The van der Waals surface area contributed by atoms with Crippen LogP contribution in [0.25, 0.3) is 0 Å². The summed E-state index contributed by atoms with van der Waals surface area (Å²) in [5, 5.41) is 5.78. The van der Waals surface area contributed by atoms with Gasteiger partial charge in [0.1, 0.15) is 18.3 Å². The van der Waals surface area contributed by atoms with E-state index >= 15 is 0 Å². The van der Waals surface area contributed by atoms with E-state index in [-0.39, 0.29) is 12.0 Å². The number of nitrogens with two attached hydrogens (primary N) is 1. The van der Waals surface area contributed by atoms with E-state index < -0.39 is 0 Å². The van der Waals surface area contributed by atoms with Crippen LogP contribution in [0.4, 0.5) is 0 Å². The second kappa shape index (κ2) is 9.82. The van der Waals surface area contributed by atoms with Crippen LogP contribution in [0.1, 0.15) is 44.9 Å². The van der Waals surface area contributed by atoms with Gasteiger partial charge in [-0.1, -0.05) is 0 Å². The molecule has 0 aromatic rings. The lowest BCUT2D eigenvalue weighted by molar-refractivity contribution is -0.945. The number of piperidine rings is 4. The highest BCUT2D eigenvalue weighted by Gasteiger charge is 2.44. The summed E-state index contributed by atoms with van der Waals surface area (Å²) >= 11 is 0. The molecule has 6 aliphatic heterocycles. The van der Waals surface area contributed by atoms with Gasteiger partial charge in [-0.3, -0.25) is 9.69 Å². The summed E-state index contributed by atoms with van der Waals surface area (Å²) in [5.74, 6) is 1.84. The van der Waals surface area contributed by atoms with Gasteiger partial charge in [0, 0.05) is 64.5 Å². The number of rotatable bonds is 6. The topological polar surface area (TPSA) is 65.9 Å². The minimum Gasteiger partial charge on any atom is -0.368 e. The normalized spacial score (nSPS) is 40.5. The fourth-order valence-corrected chi connectivity index (χ4v) is 6.86. The Balaban J connectivity index is 1.05. The molecule has 6 atom stereocenters. The quantitative estimate of drug-likeness (QED) is 0.477. The predicted octanol–water partition coefficient (Wildman–Crippen LogP) is -1.73. The van der Waals surface area contributed by atoms with Crippen LogP contribution in [-0.2, 0) is 9.53 Å². The molecule has 0 radical (unpaired) electrons. The number of carbonyl (C=O) groups excluding carboxylic acids is 1. The van der Waals surface area contributed by atoms with Crippen LogP contribution in [0.3, 0.4) is 0 Å². The number of piperazine rings is 1. The maximum absolute atomic E-state index is 12.3. The lowest BCUT2D eigenvalue weighted by Crippen LogP contribution is -3.20. The van der Waals surface area contributed by atoms with E-state index in [0.29, 0.717) is 6.04 Å². The van der Waals surface area contributed by atoms with Crippen LogP contribution in [0.15, 0.2) is 0 Å². The van der Waals surface area contributed by atoms with E-state index in [9.17, 15) is 4.79 Å². The Morgan fingerprint density at radius 2 is 2.00 bits per heavy atom. The number of hydrogen-bond acceptors (Lipinski definition) is 4. The van der Waals surface area contributed by atoms with Gasteiger partial charge >= 0.3 is 0 Å². The van der Waals surface area contributed by atoms with Crippen molar-refractivity contribution in [2.24, 2.45) is 11.8 Å². The number of nitrogens with one attached hydrogen (secondary N) is 2. The lowest BCUT2D eigenvalue weighted by Gasteiger charge is -2.49. The van der Waals surface area contributed by atoms with Crippen molar-refractivity contribution in [1.29, 1.82) is 0 Å². The summed E-state index contributed by atoms with van der Waals surface area (Å²) in [6.45, 7) is 11.8. The highest BCUT2D eigenvalue weighted by molar-refractivity contribution is 5.80. The maximum Gasteiger partial charge on any atom is 0.249 e. The summed E-state index contributed by atoms with van der Waals surface area (Å²) in [4.78, 5) is 19.5. The first kappa shape index (κ1) is 21.1. The second-order valence-corrected chi connectivity index (χ2v) is 10.5. The average molecular weight is 422 g/mol. The van der Waals surface area contributed by atoms with Crippen molar-refractivity contribution in [3.63, 3.8) is 0 Å². The molecule has 0 saturated carbocycles. The van der Waals surface area contributed by atoms with E-state index in [2.05, 4.69) is 20.4 Å². The number of carbonyl (C=O) groups is 1. The predicted molar refractivity (Wildman–Crippen MR) is 115 cm³/mol. The van der Waals surface area contributed by atoms with Gasteiger partial charge in [0.05, 0.1) is 26.2 Å². The Labute approximate surface area is 181 Å². The molecule has 1 amide bonds. The molecule has 6 aliphatic rings. The van der Waals surface area contributed by atoms with Crippen molar-refractivity contribution >= 4 is 5.91 Å². The molecule has 7 heteroatoms. The third-order valence-electron chi connectivity index (χ3n) is 8.70. The molecule has 4 N–H and O–H groups in total. The van der Waals surface area contributed by atoms with Gasteiger partial charge in [0.2, 0.25) is 5.91 Å². The molecular formula is C23H43N5O2+2. The van der Waals surface area contributed by atoms with Crippen molar-refractivity contribution < 1.29 is 19.7 Å². The molecule has 0 spiro atoms.